The SMILES string of the molecule is [N-]=[N+]=C(S(=O)(=O)C1CCCCC1)S(=O)(=O)C1CCCC2(C1)OCCCO2. The Labute approximate surface area is 154 Å². The predicted molar refractivity (Wildman–Crippen MR) is 94.8 cm³/mol. The zero-order chi connectivity index (χ0) is 18.8. The van der Waals surface area contributed by atoms with Crippen LogP contribution in [0.4, 0.5) is 0 Å². The van der Waals surface area contributed by atoms with Gasteiger partial charge in [-0.3, -0.25) is 0 Å². The molecule has 0 bridgehead atoms. The fourth-order valence-electron chi connectivity index (χ4n) is 4.23. The van der Waals surface area contributed by atoms with Gasteiger partial charge in [0.25, 0.3) is 19.7 Å². The van der Waals surface area contributed by atoms with Crippen molar-refractivity contribution < 1.29 is 31.1 Å². The maximum Gasteiger partial charge on any atom is 0.495 e. The Hall–Kier alpha value is -0.800. The number of nitrogens with zero attached hydrogens (tertiary/aromatic N) is 2. The Bertz CT molecular complexity index is 768. The van der Waals surface area contributed by atoms with E-state index in [2.05, 4.69) is 4.79 Å². The van der Waals surface area contributed by atoms with Gasteiger partial charge in [0.2, 0.25) is 0 Å². The highest BCUT2D eigenvalue weighted by Gasteiger charge is 2.53. The molecule has 0 N–H and O–H groups in total. The van der Waals surface area contributed by atoms with Crippen LogP contribution in [0.1, 0.15) is 64.2 Å². The van der Waals surface area contributed by atoms with Crippen LogP contribution < -0.4 is 0 Å². The summed E-state index contributed by atoms with van der Waals surface area (Å²) in [6.45, 7) is 0.988. The van der Waals surface area contributed by atoms with E-state index in [0.717, 1.165) is 25.7 Å². The third-order valence-corrected chi connectivity index (χ3v) is 10.8. The molecule has 0 aromatic carbocycles. The average molecular weight is 407 g/mol. The predicted octanol–water partition coefficient (Wildman–Crippen LogP) is 1.81. The monoisotopic (exact) mass is 406 g/mol. The van der Waals surface area contributed by atoms with E-state index in [1.807, 2.05) is 0 Å². The van der Waals surface area contributed by atoms with E-state index >= 15 is 0 Å². The third kappa shape index (κ3) is 3.75. The van der Waals surface area contributed by atoms with E-state index in [0.29, 0.717) is 45.3 Å². The molecule has 0 aromatic rings. The van der Waals surface area contributed by atoms with Gasteiger partial charge in [0, 0.05) is 12.8 Å². The summed E-state index contributed by atoms with van der Waals surface area (Å²) in [5, 5.41) is -1.78. The van der Waals surface area contributed by atoms with Crippen LogP contribution in [-0.2, 0) is 29.1 Å². The van der Waals surface area contributed by atoms with Crippen molar-refractivity contribution in [2.45, 2.75) is 80.5 Å². The van der Waals surface area contributed by atoms with Gasteiger partial charge in [-0.2, -0.15) is 0 Å². The molecule has 1 unspecified atom stereocenters. The first-order valence-corrected chi connectivity index (χ1v) is 12.4. The maximum absolute atomic E-state index is 13.1. The Morgan fingerprint density at radius 3 is 2.04 bits per heavy atom. The van der Waals surface area contributed by atoms with Gasteiger partial charge >= 0.3 is 4.38 Å². The number of ether oxygens (including phenoxy) is 2. The number of rotatable bonds is 2. The van der Waals surface area contributed by atoms with Gasteiger partial charge < -0.3 is 15.0 Å². The molecule has 148 valence electrons. The Kier molecular flexibility index (Phi) is 5.89. The standard InChI is InChI=1S/C16H26N2O6S2/c17-18-15(25(19,20)13-6-2-1-3-7-13)26(21,22)14-8-4-9-16(12-14)23-10-5-11-24-16/h13-14H,1-12H2. The van der Waals surface area contributed by atoms with Crippen LogP contribution >= 0.6 is 0 Å². The van der Waals surface area contributed by atoms with Crippen molar-refractivity contribution in [2.24, 2.45) is 0 Å². The molecule has 0 radical (unpaired) electrons. The lowest BCUT2D eigenvalue weighted by atomic mass is 9.93. The van der Waals surface area contributed by atoms with Crippen LogP contribution in [0.15, 0.2) is 0 Å². The van der Waals surface area contributed by atoms with Crippen molar-refractivity contribution in [1.82, 2.24) is 0 Å². The smallest absolute Gasteiger partial charge is 0.359 e. The lowest BCUT2D eigenvalue weighted by Crippen LogP contribution is -2.50. The highest BCUT2D eigenvalue weighted by atomic mass is 32.3. The van der Waals surface area contributed by atoms with Crippen LogP contribution in [0.25, 0.3) is 5.53 Å². The molecule has 3 fully saturated rings. The fourth-order valence-corrected chi connectivity index (χ4v) is 9.04. The van der Waals surface area contributed by atoms with Gasteiger partial charge in [-0.25, -0.2) is 16.8 Å². The molecule has 10 heteroatoms. The zero-order valence-electron chi connectivity index (χ0n) is 14.8. The molecular formula is C16H26N2O6S2. The molecule has 3 aliphatic rings. The molecule has 0 amide bonds. The Balaban J connectivity index is 1.86. The summed E-state index contributed by atoms with van der Waals surface area (Å²) in [5.74, 6) is -0.969. The first kappa shape index (κ1) is 19.9. The summed E-state index contributed by atoms with van der Waals surface area (Å²) < 4.78 is 62.1. The van der Waals surface area contributed by atoms with Gasteiger partial charge in [0.05, 0.1) is 23.7 Å². The van der Waals surface area contributed by atoms with Crippen LogP contribution in [0, 0.1) is 0 Å². The molecule has 8 nitrogen and oxygen atoms in total. The third-order valence-electron chi connectivity index (χ3n) is 5.64. The molecule has 3 rings (SSSR count). The lowest BCUT2D eigenvalue weighted by Gasteiger charge is -2.42. The summed E-state index contributed by atoms with van der Waals surface area (Å²) >= 11 is 0. The zero-order valence-corrected chi connectivity index (χ0v) is 16.4. The molecule has 2 saturated carbocycles. The van der Waals surface area contributed by atoms with Gasteiger partial charge in [-0.15, -0.1) is 4.79 Å². The summed E-state index contributed by atoms with van der Waals surface area (Å²) in [6.07, 6.45) is 5.45. The summed E-state index contributed by atoms with van der Waals surface area (Å²) in [5.41, 5.74) is 9.33. The molecule has 1 heterocycles. The maximum atomic E-state index is 13.1. The second kappa shape index (κ2) is 7.67. The van der Waals surface area contributed by atoms with E-state index in [1.165, 1.54) is 0 Å². The highest BCUT2D eigenvalue weighted by molar-refractivity contribution is 8.31. The first-order valence-electron chi connectivity index (χ1n) is 9.30. The minimum atomic E-state index is -4.30. The van der Waals surface area contributed by atoms with Crippen molar-refractivity contribution >= 4 is 24.1 Å². The normalized spacial score (nSPS) is 27.8. The summed E-state index contributed by atoms with van der Waals surface area (Å²) in [6, 6.07) is 0. The topological polar surface area (TPSA) is 123 Å². The van der Waals surface area contributed by atoms with Crippen LogP contribution in [0.5, 0.6) is 0 Å². The van der Waals surface area contributed by atoms with Gasteiger partial charge in [0.15, 0.2) is 5.79 Å². The van der Waals surface area contributed by atoms with Gasteiger partial charge in [-0.1, -0.05) is 19.3 Å². The lowest BCUT2D eigenvalue weighted by molar-refractivity contribution is -0.279. The molecule has 26 heavy (non-hydrogen) atoms. The second-order valence-corrected chi connectivity index (χ2v) is 11.9. The summed E-state index contributed by atoms with van der Waals surface area (Å²) in [4.78, 5) is 2.77. The van der Waals surface area contributed by atoms with Crippen molar-refractivity contribution in [1.29, 1.82) is 0 Å². The first-order chi connectivity index (χ1) is 12.3. The van der Waals surface area contributed by atoms with E-state index in [9.17, 15) is 22.4 Å². The number of hydrogen-bond donors (Lipinski definition) is 0. The van der Waals surface area contributed by atoms with E-state index in [4.69, 9.17) is 9.47 Å². The number of hydrogen-bond acceptors (Lipinski definition) is 6. The van der Waals surface area contributed by atoms with Crippen LogP contribution in [-0.4, -0.2) is 55.5 Å². The van der Waals surface area contributed by atoms with Crippen molar-refractivity contribution in [2.75, 3.05) is 13.2 Å². The Morgan fingerprint density at radius 1 is 0.846 bits per heavy atom. The molecule has 2 aliphatic carbocycles. The minimum Gasteiger partial charge on any atom is -0.359 e. The van der Waals surface area contributed by atoms with Gasteiger partial charge in [-0.05, 0) is 32.1 Å². The van der Waals surface area contributed by atoms with Crippen LogP contribution in [0.3, 0.4) is 0 Å². The van der Waals surface area contributed by atoms with Crippen molar-refractivity contribution in [3.05, 3.63) is 5.53 Å². The molecule has 1 atom stereocenters. The summed E-state index contributed by atoms with van der Waals surface area (Å²) in [7, 11) is -8.50. The average Bonchev–Trinajstić information content (AvgIpc) is 2.63. The van der Waals surface area contributed by atoms with E-state index in [-0.39, 0.29) is 6.42 Å². The Morgan fingerprint density at radius 2 is 1.42 bits per heavy atom. The van der Waals surface area contributed by atoms with E-state index < -0.39 is 40.3 Å². The van der Waals surface area contributed by atoms with Gasteiger partial charge in [0.1, 0.15) is 0 Å². The minimum absolute atomic E-state index is 0.0640. The highest BCUT2D eigenvalue weighted by Crippen LogP contribution is 2.39. The molecule has 1 aliphatic heterocycles. The fraction of sp³-hybridized carbons (Fsp3) is 0.938. The van der Waals surface area contributed by atoms with E-state index in [1.54, 1.807) is 0 Å². The van der Waals surface area contributed by atoms with Crippen LogP contribution in [0.2, 0.25) is 0 Å². The van der Waals surface area contributed by atoms with Crippen molar-refractivity contribution in [3.63, 3.8) is 0 Å². The molecular weight excluding hydrogens is 380 g/mol. The molecule has 1 saturated heterocycles. The second-order valence-electron chi connectivity index (χ2n) is 7.40. The largest absolute Gasteiger partial charge is 0.495 e. The molecule has 0 aromatic heterocycles. The molecule has 1 spiro atoms. The number of sulfone groups is 2. The quantitative estimate of drug-likeness (QED) is 0.298. The van der Waals surface area contributed by atoms with Crippen molar-refractivity contribution in [3.8, 4) is 0 Å².